The second-order valence-electron chi connectivity index (χ2n) is 7.34. The van der Waals surface area contributed by atoms with Crippen molar-refractivity contribution < 1.29 is 0 Å². The zero-order valence-corrected chi connectivity index (χ0v) is 14.9. The third-order valence-electron chi connectivity index (χ3n) is 5.86. The number of nitrogens with one attached hydrogen (secondary N) is 1. The molecule has 2 fully saturated rings. The molecule has 2 aliphatic rings. The van der Waals surface area contributed by atoms with Gasteiger partial charge in [-0.2, -0.15) is 5.10 Å². The minimum absolute atomic E-state index is 0.00760. The van der Waals surface area contributed by atoms with E-state index < -0.39 is 0 Å². The monoisotopic (exact) mass is 338 g/mol. The first-order chi connectivity index (χ1) is 12.3. The fourth-order valence-electron chi connectivity index (χ4n) is 4.47. The van der Waals surface area contributed by atoms with Crippen LogP contribution in [0.5, 0.6) is 0 Å². The van der Waals surface area contributed by atoms with E-state index in [4.69, 9.17) is 0 Å². The number of aromatic nitrogens is 2. The van der Waals surface area contributed by atoms with Crippen molar-refractivity contribution in [3.8, 4) is 0 Å². The van der Waals surface area contributed by atoms with Crippen LogP contribution in [-0.4, -0.2) is 15.3 Å². The highest BCUT2D eigenvalue weighted by Gasteiger charge is 2.30. The summed E-state index contributed by atoms with van der Waals surface area (Å²) in [5.74, 6) is 2.26. The summed E-state index contributed by atoms with van der Waals surface area (Å²) in [7, 11) is 0. The second kappa shape index (κ2) is 6.98. The SMILES string of the molecule is CCn1c(N/N=C2/CC[C@@H]3CCCC[C@@H]3C2)nc2ccccc2c1=O. The molecule has 25 heavy (non-hydrogen) atoms. The average molecular weight is 338 g/mol. The summed E-state index contributed by atoms with van der Waals surface area (Å²) >= 11 is 0. The summed E-state index contributed by atoms with van der Waals surface area (Å²) in [4.78, 5) is 17.3. The van der Waals surface area contributed by atoms with Crippen LogP contribution in [0.3, 0.4) is 0 Å². The van der Waals surface area contributed by atoms with E-state index in [9.17, 15) is 4.79 Å². The van der Waals surface area contributed by atoms with Gasteiger partial charge in [0.05, 0.1) is 10.9 Å². The highest BCUT2D eigenvalue weighted by molar-refractivity contribution is 5.86. The lowest BCUT2D eigenvalue weighted by molar-refractivity contribution is 0.218. The lowest BCUT2D eigenvalue weighted by Gasteiger charge is -2.35. The van der Waals surface area contributed by atoms with Gasteiger partial charge in [-0.15, -0.1) is 0 Å². The predicted molar refractivity (Wildman–Crippen MR) is 102 cm³/mol. The molecule has 1 heterocycles. The van der Waals surface area contributed by atoms with Crippen molar-refractivity contribution in [2.24, 2.45) is 16.9 Å². The van der Waals surface area contributed by atoms with Gasteiger partial charge in [0.2, 0.25) is 5.95 Å². The van der Waals surface area contributed by atoms with E-state index in [1.165, 1.54) is 37.8 Å². The molecule has 2 aliphatic carbocycles. The summed E-state index contributed by atoms with van der Waals surface area (Å²) in [6.07, 6.45) is 8.93. The summed E-state index contributed by atoms with van der Waals surface area (Å²) in [5.41, 5.74) is 5.04. The van der Waals surface area contributed by atoms with Crippen molar-refractivity contribution in [1.82, 2.24) is 9.55 Å². The maximum absolute atomic E-state index is 12.7. The van der Waals surface area contributed by atoms with E-state index in [0.717, 1.165) is 30.2 Å². The largest absolute Gasteiger partial charge is 0.277 e. The Labute approximate surface area is 148 Å². The number of hydrazone groups is 1. The third-order valence-corrected chi connectivity index (χ3v) is 5.86. The van der Waals surface area contributed by atoms with E-state index in [0.29, 0.717) is 17.9 Å². The average Bonchev–Trinajstić information content (AvgIpc) is 2.66. The fourth-order valence-corrected chi connectivity index (χ4v) is 4.47. The van der Waals surface area contributed by atoms with E-state index >= 15 is 0 Å². The fraction of sp³-hybridized carbons (Fsp3) is 0.550. The molecular weight excluding hydrogens is 312 g/mol. The van der Waals surface area contributed by atoms with Gasteiger partial charge in [0, 0.05) is 12.3 Å². The Morgan fingerprint density at radius 3 is 2.84 bits per heavy atom. The van der Waals surface area contributed by atoms with Crippen LogP contribution in [0.1, 0.15) is 51.9 Å². The molecule has 2 atom stereocenters. The predicted octanol–water partition coefficient (Wildman–Crippen LogP) is 4.17. The molecule has 1 aromatic carbocycles. The molecule has 5 heteroatoms. The number of fused-ring (bicyclic) bond motifs is 2. The van der Waals surface area contributed by atoms with Gasteiger partial charge in [-0.3, -0.25) is 9.36 Å². The van der Waals surface area contributed by atoms with Crippen LogP contribution in [-0.2, 0) is 6.54 Å². The Morgan fingerprint density at radius 2 is 2.00 bits per heavy atom. The van der Waals surface area contributed by atoms with E-state index in [2.05, 4.69) is 15.5 Å². The molecule has 0 radical (unpaired) electrons. The van der Waals surface area contributed by atoms with Crippen LogP contribution < -0.4 is 11.0 Å². The Kier molecular flexibility index (Phi) is 4.55. The van der Waals surface area contributed by atoms with Crippen molar-refractivity contribution in [2.45, 2.75) is 58.4 Å². The van der Waals surface area contributed by atoms with Gasteiger partial charge in [0.15, 0.2) is 0 Å². The number of anilines is 1. The number of hydrogen-bond donors (Lipinski definition) is 1. The van der Waals surface area contributed by atoms with Gasteiger partial charge in [-0.05, 0) is 56.6 Å². The first-order valence-electron chi connectivity index (χ1n) is 9.57. The van der Waals surface area contributed by atoms with E-state index in [1.807, 2.05) is 31.2 Å². The van der Waals surface area contributed by atoms with Crippen molar-refractivity contribution in [3.05, 3.63) is 34.6 Å². The Hall–Kier alpha value is -2.17. The maximum atomic E-state index is 12.7. The smallest absolute Gasteiger partial charge is 0.262 e. The minimum atomic E-state index is -0.00760. The minimum Gasteiger partial charge on any atom is -0.277 e. The van der Waals surface area contributed by atoms with E-state index in [1.54, 1.807) is 4.57 Å². The molecule has 132 valence electrons. The highest BCUT2D eigenvalue weighted by atomic mass is 16.1. The molecule has 1 aromatic heterocycles. The standard InChI is InChI=1S/C20H26N4O/c1-2-24-19(25)17-9-5-6-10-18(17)21-20(24)23-22-16-12-11-14-7-3-4-8-15(14)13-16/h5-6,9-10,14-15H,2-4,7-8,11-13H2,1H3,(H,21,23)/b22-16-/t14-,15+/m0/s1. The van der Waals surface area contributed by atoms with Gasteiger partial charge in [0.25, 0.3) is 5.56 Å². The van der Waals surface area contributed by atoms with Gasteiger partial charge in [-0.25, -0.2) is 10.4 Å². The molecule has 0 saturated heterocycles. The van der Waals surface area contributed by atoms with Crippen molar-refractivity contribution in [1.29, 1.82) is 0 Å². The van der Waals surface area contributed by atoms with Crippen LogP contribution in [0.15, 0.2) is 34.2 Å². The van der Waals surface area contributed by atoms with Crippen molar-refractivity contribution >= 4 is 22.6 Å². The molecule has 0 spiro atoms. The lowest BCUT2D eigenvalue weighted by Crippen LogP contribution is -2.28. The summed E-state index contributed by atoms with van der Waals surface area (Å²) in [6.45, 7) is 2.54. The molecular formula is C20H26N4O. The second-order valence-corrected chi connectivity index (χ2v) is 7.34. The van der Waals surface area contributed by atoms with Crippen LogP contribution in [0.4, 0.5) is 5.95 Å². The number of hydrogen-bond acceptors (Lipinski definition) is 4. The zero-order valence-electron chi connectivity index (χ0n) is 14.9. The quantitative estimate of drug-likeness (QED) is 0.854. The molecule has 0 amide bonds. The van der Waals surface area contributed by atoms with Crippen molar-refractivity contribution in [3.63, 3.8) is 0 Å². The first-order valence-corrected chi connectivity index (χ1v) is 9.57. The molecule has 5 nitrogen and oxygen atoms in total. The summed E-state index contributed by atoms with van der Waals surface area (Å²) < 4.78 is 1.67. The van der Waals surface area contributed by atoms with Crippen LogP contribution in [0.25, 0.3) is 10.9 Å². The maximum Gasteiger partial charge on any atom is 0.262 e. The van der Waals surface area contributed by atoms with E-state index in [-0.39, 0.29) is 5.56 Å². The number of para-hydroxylation sites is 1. The van der Waals surface area contributed by atoms with Gasteiger partial charge >= 0.3 is 0 Å². The lowest BCUT2D eigenvalue weighted by atomic mass is 9.70. The normalized spacial score (nSPS) is 25.1. The summed E-state index contributed by atoms with van der Waals surface area (Å²) in [5, 5.41) is 5.30. The molecule has 4 rings (SSSR count). The first kappa shape index (κ1) is 16.3. The van der Waals surface area contributed by atoms with Gasteiger partial charge in [-0.1, -0.05) is 31.4 Å². The highest BCUT2D eigenvalue weighted by Crippen LogP contribution is 2.39. The Balaban J connectivity index is 1.59. The molecule has 0 aliphatic heterocycles. The molecule has 2 saturated carbocycles. The summed E-state index contributed by atoms with van der Waals surface area (Å²) in [6, 6.07) is 7.49. The van der Waals surface area contributed by atoms with Gasteiger partial charge < -0.3 is 0 Å². The third kappa shape index (κ3) is 3.20. The number of nitrogens with zero attached hydrogens (tertiary/aromatic N) is 3. The van der Waals surface area contributed by atoms with Gasteiger partial charge in [0.1, 0.15) is 0 Å². The van der Waals surface area contributed by atoms with Crippen LogP contribution >= 0.6 is 0 Å². The molecule has 2 aromatic rings. The number of benzene rings is 1. The van der Waals surface area contributed by atoms with Crippen LogP contribution in [0.2, 0.25) is 0 Å². The Bertz CT molecular complexity index is 854. The topological polar surface area (TPSA) is 59.3 Å². The zero-order chi connectivity index (χ0) is 17.2. The number of rotatable bonds is 3. The Morgan fingerprint density at radius 1 is 1.20 bits per heavy atom. The van der Waals surface area contributed by atoms with Crippen LogP contribution in [0, 0.1) is 11.8 Å². The molecule has 0 unspecified atom stereocenters. The molecule has 0 bridgehead atoms. The molecule has 1 N–H and O–H groups in total. The van der Waals surface area contributed by atoms with Crippen molar-refractivity contribution in [2.75, 3.05) is 5.43 Å².